The summed E-state index contributed by atoms with van der Waals surface area (Å²) in [4.78, 5) is 12.0. The Morgan fingerprint density at radius 2 is 1.66 bits per heavy atom. The Morgan fingerprint density at radius 1 is 0.921 bits per heavy atom. The molecule has 0 saturated carbocycles. The maximum absolute atomic E-state index is 12.4. The molecule has 2 heterocycles. The third kappa shape index (κ3) is 5.51. The maximum Gasteiger partial charge on any atom is 0.229 e. The molecule has 3 aromatic carbocycles. The lowest BCUT2D eigenvalue weighted by Crippen LogP contribution is -2.41. The van der Waals surface area contributed by atoms with Gasteiger partial charge in [0.05, 0.1) is 28.9 Å². The zero-order chi connectivity index (χ0) is 26.7. The van der Waals surface area contributed by atoms with Crippen LogP contribution >= 0.6 is 0 Å². The fraction of sp³-hybridized carbons (Fsp3) is 0.286. The molecule has 1 fully saturated rings. The van der Waals surface area contributed by atoms with Gasteiger partial charge in [0, 0.05) is 42.5 Å². The minimum Gasteiger partial charge on any atom is -0.494 e. The molecule has 4 aromatic rings. The normalized spacial score (nSPS) is 14.4. The van der Waals surface area contributed by atoms with Crippen LogP contribution in [0.3, 0.4) is 0 Å². The number of hydrogen-bond donors (Lipinski definition) is 3. The average Bonchev–Trinajstić information content (AvgIpc) is 2.93. The molecule has 0 spiro atoms. The molecule has 0 aliphatic carbocycles. The molecule has 1 saturated heterocycles. The molecule has 0 bridgehead atoms. The fourth-order valence-electron chi connectivity index (χ4n) is 4.78. The topological polar surface area (TPSA) is 108 Å². The highest BCUT2D eigenvalue weighted by molar-refractivity contribution is 7.90. The lowest BCUT2D eigenvalue weighted by atomic mass is 10.0. The smallest absolute Gasteiger partial charge is 0.229 e. The first-order chi connectivity index (χ1) is 18.4. The number of piperidine rings is 1. The van der Waals surface area contributed by atoms with E-state index in [1.165, 1.54) is 6.26 Å². The highest BCUT2D eigenvalue weighted by Crippen LogP contribution is 2.34. The molecule has 5 rings (SSSR count). The van der Waals surface area contributed by atoms with Gasteiger partial charge in [0.1, 0.15) is 11.6 Å². The van der Waals surface area contributed by atoms with Gasteiger partial charge in [-0.3, -0.25) is 0 Å². The third-order valence-electron chi connectivity index (χ3n) is 6.84. The first kappa shape index (κ1) is 25.7. The van der Waals surface area contributed by atoms with E-state index in [9.17, 15) is 8.42 Å². The molecule has 9 nitrogen and oxygen atoms in total. The van der Waals surface area contributed by atoms with Gasteiger partial charge >= 0.3 is 0 Å². The summed E-state index contributed by atoms with van der Waals surface area (Å²) >= 11 is 0. The van der Waals surface area contributed by atoms with Crippen molar-refractivity contribution in [2.75, 3.05) is 49.0 Å². The monoisotopic (exact) mass is 532 g/mol. The molecule has 3 N–H and O–H groups in total. The van der Waals surface area contributed by atoms with Gasteiger partial charge in [0.2, 0.25) is 5.95 Å². The lowest BCUT2D eigenvalue weighted by molar-refractivity contribution is 0.415. The van der Waals surface area contributed by atoms with Crippen LogP contribution in [-0.4, -0.2) is 57.9 Å². The first-order valence-corrected chi connectivity index (χ1v) is 14.4. The van der Waals surface area contributed by atoms with Gasteiger partial charge < -0.3 is 25.6 Å². The van der Waals surface area contributed by atoms with Gasteiger partial charge in [-0.15, -0.1) is 0 Å². The largest absolute Gasteiger partial charge is 0.494 e. The number of benzene rings is 3. The van der Waals surface area contributed by atoms with E-state index in [2.05, 4.69) is 26.9 Å². The second-order valence-corrected chi connectivity index (χ2v) is 11.4. The fourth-order valence-corrected chi connectivity index (χ4v) is 5.62. The number of fused-ring (bicyclic) bond motifs is 1. The Balaban J connectivity index is 1.46. The predicted octanol–water partition coefficient (Wildman–Crippen LogP) is 4.72. The van der Waals surface area contributed by atoms with Crippen molar-refractivity contribution in [1.29, 1.82) is 0 Å². The van der Waals surface area contributed by atoms with Crippen molar-refractivity contribution in [3.05, 3.63) is 66.7 Å². The average molecular weight is 533 g/mol. The Bertz CT molecular complexity index is 1550. The summed E-state index contributed by atoms with van der Waals surface area (Å²) in [6.07, 6.45) is 3.39. The third-order valence-corrected chi connectivity index (χ3v) is 8.00. The first-order valence-electron chi connectivity index (χ1n) is 12.6. The maximum atomic E-state index is 12.4. The number of nitrogens with one attached hydrogen (secondary N) is 3. The number of ether oxygens (including phenoxy) is 1. The Hall–Kier alpha value is -3.89. The van der Waals surface area contributed by atoms with E-state index in [-0.39, 0.29) is 4.90 Å². The molecule has 38 heavy (non-hydrogen) atoms. The van der Waals surface area contributed by atoms with E-state index in [1.807, 2.05) is 43.4 Å². The molecular weight excluding hydrogens is 500 g/mol. The molecule has 1 aliphatic heterocycles. The molecule has 0 atom stereocenters. The van der Waals surface area contributed by atoms with E-state index in [4.69, 9.17) is 14.7 Å². The Labute approximate surface area is 223 Å². The number of nitrogens with zero attached hydrogens (tertiary/aromatic N) is 3. The van der Waals surface area contributed by atoms with Crippen LogP contribution in [0.1, 0.15) is 12.8 Å². The number of hydrogen-bond acceptors (Lipinski definition) is 9. The molecular formula is C28H32N6O3S. The van der Waals surface area contributed by atoms with Crippen molar-refractivity contribution in [3.63, 3.8) is 0 Å². The SMILES string of the molecule is CNC1CCN(c2ccc(Nc3nc(Nc4ccccc4S(C)(=O)=O)c4ccccc4n3)c(OC)c2)CC1. The van der Waals surface area contributed by atoms with Gasteiger partial charge in [0.25, 0.3) is 0 Å². The van der Waals surface area contributed by atoms with E-state index < -0.39 is 9.84 Å². The molecule has 1 aliphatic rings. The highest BCUT2D eigenvalue weighted by Gasteiger charge is 2.20. The predicted molar refractivity (Wildman–Crippen MR) is 153 cm³/mol. The van der Waals surface area contributed by atoms with Crippen molar-refractivity contribution in [2.24, 2.45) is 0 Å². The van der Waals surface area contributed by atoms with Crippen LogP contribution in [0, 0.1) is 0 Å². The van der Waals surface area contributed by atoms with Crippen LogP contribution in [0.15, 0.2) is 71.6 Å². The summed E-state index contributed by atoms with van der Waals surface area (Å²) in [6.45, 7) is 1.97. The van der Waals surface area contributed by atoms with Crippen molar-refractivity contribution in [2.45, 2.75) is 23.8 Å². The highest BCUT2D eigenvalue weighted by atomic mass is 32.2. The zero-order valence-electron chi connectivity index (χ0n) is 21.7. The van der Waals surface area contributed by atoms with Gasteiger partial charge in [0.15, 0.2) is 9.84 Å². The van der Waals surface area contributed by atoms with Gasteiger partial charge in [-0.1, -0.05) is 24.3 Å². The second-order valence-electron chi connectivity index (χ2n) is 9.37. The molecule has 1 aromatic heterocycles. The van der Waals surface area contributed by atoms with Crippen LogP contribution in [0.25, 0.3) is 10.9 Å². The summed E-state index contributed by atoms with van der Waals surface area (Å²) in [5.74, 6) is 1.55. The second kappa shape index (κ2) is 10.8. The quantitative estimate of drug-likeness (QED) is 0.297. The van der Waals surface area contributed by atoms with Gasteiger partial charge in [-0.25, -0.2) is 13.4 Å². The number of aromatic nitrogens is 2. The summed E-state index contributed by atoms with van der Waals surface area (Å²) in [5, 5.41) is 10.7. The minimum absolute atomic E-state index is 0.202. The van der Waals surface area contributed by atoms with Crippen molar-refractivity contribution < 1.29 is 13.2 Å². The van der Waals surface area contributed by atoms with E-state index in [0.29, 0.717) is 34.8 Å². The number of methoxy groups -OCH3 is 1. The lowest BCUT2D eigenvalue weighted by Gasteiger charge is -2.33. The van der Waals surface area contributed by atoms with Gasteiger partial charge in [-0.05, 0) is 56.3 Å². The van der Waals surface area contributed by atoms with Crippen molar-refractivity contribution in [3.8, 4) is 5.75 Å². The van der Waals surface area contributed by atoms with Crippen LogP contribution < -0.4 is 25.6 Å². The van der Waals surface area contributed by atoms with Crippen molar-refractivity contribution in [1.82, 2.24) is 15.3 Å². The number of para-hydroxylation sites is 2. The minimum atomic E-state index is -3.44. The molecule has 0 amide bonds. The number of rotatable bonds is 8. The van der Waals surface area contributed by atoms with E-state index in [0.717, 1.165) is 42.7 Å². The number of anilines is 5. The van der Waals surface area contributed by atoms with Gasteiger partial charge in [-0.2, -0.15) is 4.98 Å². The molecule has 10 heteroatoms. The summed E-state index contributed by atoms with van der Waals surface area (Å²) in [7, 11) is 0.226. The molecule has 198 valence electrons. The van der Waals surface area contributed by atoms with Crippen LogP contribution in [0.4, 0.5) is 28.8 Å². The van der Waals surface area contributed by atoms with E-state index >= 15 is 0 Å². The summed E-state index contributed by atoms with van der Waals surface area (Å²) in [6, 6.07) is 21.0. The van der Waals surface area contributed by atoms with E-state index in [1.54, 1.807) is 31.4 Å². The number of sulfone groups is 1. The van der Waals surface area contributed by atoms with Crippen LogP contribution in [0.5, 0.6) is 5.75 Å². The molecule has 0 radical (unpaired) electrons. The van der Waals surface area contributed by atoms with Crippen LogP contribution in [-0.2, 0) is 9.84 Å². The van der Waals surface area contributed by atoms with Crippen molar-refractivity contribution >= 4 is 49.6 Å². The summed E-state index contributed by atoms with van der Waals surface area (Å²) in [5.41, 5.74) is 3.02. The zero-order valence-corrected chi connectivity index (χ0v) is 22.5. The summed E-state index contributed by atoms with van der Waals surface area (Å²) < 4.78 is 30.4. The standard InChI is InChI=1S/C28H32N6O3S/c1-29-19-14-16-34(17-15-19)20-12-13-23(25(18-20)37-2)32-28-31-22-9-5-4-8-21(22)27(33-28)30-24-10-6-7-11-26(24)38(3,35)36/h4-13,18-19,29H,14-17H2,1-3H3,(H2,30,31,32,33). The van der Waals surface area contributed by atoms with Crippen LogP contribution in [0.2, 0.25) is 0 Å². The Morgan fingerprint density at radius 3 is 2.39 bits per heavy atom. The Kier molecular flexibility index (Phi) is 7.35. The molecule has 0 unspecified atom stereocenters.